The Kier molecular flexibility index (Phi) is 5.94. The molecular formula is C20H24N2O2S2. The molecule has 26 heavy (non-hydrogen) atoms. The van der Waals surface area contributed by atoms with Crippen molar-refractivity contribution in [3.63, 3.8) is 0 Å². The average molecular weight is 389 g/mol. The van der Waals surface area contributed by atoms with Crippen LogP contribution in [0.15, 0.2) is 18.2 Å². The number of thiophene rings is 1. The number of thiocarbonyl (C=S) groups is 1. The van der Waals surface area contributed by atoms with Crippen molar-refractivity contribution in [1.82, 2.24) is 0 Å². The second kappa shape index (κ2) is 8.18. The molecule has 0 aliphatic heterocycles. The zero-order valence-corrected chi connectivity index (χ0v) is 17.0. The van der Waals surface area contributed by atoms with Gasteiger partial charge in [-0.1, -0.05) is 17.7 Å². The van der Waals surface area contributed by atoms with Gasteiger partial charge < -0.3 is 15.4 Å². The largest absolute Gasteiger partial charge is 0.462 e. The van der Waals surface area contributed by atoms with E-state index in [2.05, 4.69) is 23.6 Å². The van der Waals surface area contributed by atoms with Crippen LogP contribution in [0.4, 0.5) is 10.7 Å². The van der Waals surface area contributed by atoms with Crippen molar-refractivity contribution in [2.75, 3.05) is 17.2 Å². The van der Waals surface area contributed by atoms with Crippen LogP contribution in [0.25, 0.3) is 0 Å². The molecule has 6 heteroatoms. The molecule has 1 aromatic carbocycles. The number of carbonyl (C=O) groups excluding carboxylic acids is 1. The Labute approximate surface area is 164 Å². The van der Waals surface area contributed by atoms with Gasteiger partial charge >= 0.3 is 5.97 Å². The molecule has 0 saturated heterocycles. The molecule has 3 rings (SSSR count). The van der Waals surface area contributed by atoms with Gasteiger partial charge in [-0.3, -0.25) is 0 Å². The van der Waals surface area contributed by atoms with Gasteiger partial charge in [0, 0.05) is 10.6 Å². The van der Waals surface area contributed by atoms with Crippen LogP contribution in [0.2, 0.25) is 0 Å². The van der Waals surface area contributed by atoms with Crippen LogP contribution in [0.3, 0.4) is 0 Å². The summed E-state index contributed by atoms with van der Waals surface area (Å²) in [7, 11) is 0. The third-order valence-electron chi connectivity index (χ3n) is 4.51. The van der Waals surface area contributed by atoms with E-state index in [1.54, 1.807) is 11.3 Å². The molecule has 0 saturated carbocycles. The lowest BCUT2D eigenvalue weighted by Gasteiger charge is -2.14. The maximum Gasteiger partial charge on any atom is 0.341 e. The fourth-order valence-electron chi connectivity index (χ4n) is 3.28. The summed E-state index contributed by atoms with van der Waals surface area (Å²) in [4.78, 5) is 13.8. The fraction of sp³-hybridized carbons (Fsp3) is 0.400. The summed E-state index contributed by atoms with van der Waals surface area (Å²) in [6.07, 6.45) is 4.23. The summed E-state index contributed by atoms with van der Waals surface area (Å²) >= 11 is 7.12. The highest BCUT2D eigenvalue weighted by Gasteiger charge is 2.26. The van der Waals surface area contributed by atoms with Crippen LogP contribution in [0.1, 0.15) is 51.7 Å². The molecule has 2 aromatic rings. The zero-order chi connectivity index (χ0) is 18.7. The van der Waals surface area contributed by atoms with Gasteiger partial charge in [-0.2, -0.15) is 0 Å². The lowest BCUT2D eigenvalue weighted by molar-refractivity contribution is 0.0526. The molecule has 1 aromatic heterocycles. The Hall–Kier alpha value is -1.92. The van der Waals surface area contributed by atoms with Crippen molar-refractivity contribution in [3.05, 3.63) is 45.3 Å². The van der Waals surface area contributed by atoms with E-state index in [-0.39, 0.29) is 5.97 Å². The van der Waals surface area contributed by atoms with E-state index in [4.69, 9.17) is 17.0 Å². The number of ether oxygens (including phenoxy) is 1. The van der Waals surface area contributed by atoms with E-state index < -0.39 is 0 Å². The van der Waals surface area contributed by atoms with Crippen LogP contribution in [-0.4, -0.2) is 17.7 Å². The number of fused-ring (bicyclic) bond motifs is 1. The summed E-state index contributed by atoms with van der Waals surface area (Å²) in [5.74, 6) is -0.260. The SMILES string of the molecule is CCOC(=O)c1c(NC(=S)Nc2ccc(C)cc2C)sc2c1CCCC2. The summed E-state index contributed by atoms with van der Waals surface area (Å²) in [5.41, 5.74) is 5.10. The quantitative estimate of drug-likeness (QED) is 0.555. The third-order valence-corrected chi connectivity index (χ3v) is 5.92. The first-order chi connectivity index (χ1) is 12.5. The monoisotopic (exact) mass is 388 g/mol. The standard InChI is InChI=1S/C20H24N2O2S2/c1-4-24-19(23)17-14-7-5-6-8-16(14)26-18(17)22-20(25)21-15-10-9-12(2)11-13(15)3/h9-11H,4-8H2,1-3H3,(H2,21,22,25). The van der Waals surface area contributed by atoms with Crippen LogP contribution in [0, 0.1) is 13.8 Å². The van der Waals surface area contributed by atoms with Gasteiger partial charge in [0.1, 0.15) is 5.00 Å². The number of anilines is 2. The minimum Gasteiger partial charge on any atom is -0.462 e. The normalized spacial score (nSPS) is 13.0. The lowest BCUT2D eigenvalue weighted by Crippen LogP contribution is -2.21. The lowest BCUT2D eigenvalue weighted by atomic mass is 9.95. The Morgan fingerprint density at radius 2 is 2.00 bits per heavy atom. The molecule has 0 atom stereocenters. The van der Waals surface area contributed by atoms with Crippen molar-refractivity contribution in [2.45, 2.75) is 46.5 Å². The highest BCUT2D eigenvalue weighted by atomic mass is 32.1. The van der Waals surface area contributed by atoms with E-state index in [1.165, 1.54) is 16.9 Å². The van der Waals surface area contributed by atoms with Crippen molar-refractivity contribution >= 4 is 45.3 Å². The van der Waals surface area contributed by atoms with Crippen LogP contribution in [0.5, 0.6) is 0 Å². The molecular weight excluding hydrogens is 364 g/mol. The van der Waals surface area contributed by atoms with Gasteiger partial charge in [-0.15, -0.1) is 11.3 Å². The number of nitrogens with one attached hydrogen (secondary N) is 2. The predicted octanol–water partition coefficient (Wildman–Crippen LogP) is 5.23. The van der Waals surface area contributed by atoms with Crippen molar-refractivity contribution in [1.29, 1.82) is 0 Å². The smallest absolute Gasteiger partial charge is 0.341 e. The summed E-state index contributed by atoms with van der Waals surface area (Å²) < 4.78 is 5.29. The molecule has 1 aliphatic rings. The molecule has 2 N–H and O–H groups in total. The second-order valence-electron chi connectivity index (χ2n) is 6.53. The molecule has 0 unspecified atom stereocenters. The van der Waals surface area contributed by atoms with E-state index in [1.807, 2.05) is 26.0 Å². The van der Waals surface area contributed by atoms with Gasteiger partial charge in [-0.05, 0) is 75.9 Å². The summed E-state index contributed by atoms with van der Waals surface area (Å²) in [6, 6.07) is 6.18. The van der Waals surface area contributed by atoms with Crippen molar-refractivity contribution in [3.8, 4) is 0 Å². The van der Waals surface area contributed by atoms with Gasteiger partial charge in [-0.25, -0.2) is 4.79 Å². The van der Waals surface area contributed by atoms with E-state index in [0.29, 0.717) is 17.3 Å². The average Bonchev–Trinajstić information content (AvgIpc) is 2.95. The van der Waals surface area contributed by atoms with Crippen LogP contribution < -0.4 is 10.6 Å². The number of hydrogen-bond donors (Lipinski definition) is 2. The van der Waals surface area contributed by atoms with Gasteiger partial charge in [0.05, 0.1) is 12.2 Å². The molecule has 0 spiro atoms. The maximum atomic E-state index is 12.5. The molecule has 0 amide bonds. The first-order valence-corrected chi connectivity index (χ1v) is 10.2. The number of hydrogen-bond acceptors (Lipinski definition) is 4. The summed E-state index contributed by atoms with van der Waals surface area (Å²) in [5, 5.41) is 7.75. The van der Waals surface area contributed by atoms with Crippen LogP contribution in [-0.2, 0) is 17.6 Å². The van der Waals surface area contributed by atoms with E-state index in [9.17, 15) is 4.79 Å². The van der Waals surface area contributed by atoms with Gasteiger partial charge in [0.25, 0.3) is 0 Å². The maximum absolute atomic E-state index is 12.5. The van der Waals surface area contributed by atoms with E-state index in [0.717, 1.165) is 41.1 Å². The van der Waals surface area contributed by atoms with Crippen LogP contribution >= 0.6 is 23.6 Å². The van der Waals surface area contributed by atoms with Gasteiger partial charge in [0.2, 0.25) is 0 Å². The van der Waals surface area contributed by atoms with Crippen molar-refractivity contribution < 1.29 is 9.53 Å². The fourth-order valence-corrected chi connectivity index (χ4v) is 4.84. The molecule has 138 valence electrons. The minimum absolute atomic E-state index is 0.260. The Balaban J connectivity index is 1.83. The Morgan fingerprint density at radius 1 is 1.23 bits per heavy atom. The molecule has 0 fully saturated rings. The third kappa shape index (κ3) is 4.07. The number of carbonyl (C=O) groups is 1. The van der Waals surface area contributed by atoms with Gasteiger partial charge in [0.15, 0.2) is 5.11 Å². The molecule has 0 bridgehead atoms. The Bertz CT molecular complexity index is 843. The minimum atomic E-state index is -0.260. The highest BCUT2D eigenvalue weighted by Crippen LogP contribution is 2.38. The molecule has 0 radical (unpaired) electrons. The number of aryl methyl sites for hydroxylation is 3. The highest BCUT2D eigenvalue weighted by molar-refractivity contribution is 7.80. The summed E-state index contributed by atoms with van der Waals surface area (Å²) in [6.45, 7) is 6.31. The first kappa shape index (κ1) is 18.9. The number of esters is 1. The first-order valence-electron chi connectivity index (χ1n) is 8.96. The number of benzene rings is 1. The second-order valence-corrected chi connectivity index (χ2v) is 8.05. The number of rotatable bonds is 4. The van der Waals surface area contributed by atoms with E-state index >= 15 is 0 Å². The molecule has 1 aliphatic carbocycles. The molecule has 4 nitrogen and oxygen atoms in total. The zero-order valence-electron chi connectivity index (χ0n) is 15.4. The predicted molar refractivity (Wildman–Crippen MR) is 113 cm³/mol. The van der Waals surface area contributed by atoms with Crippen molar-refractivity contribution in [2.24, 2.45) is 0 Å². The topological polar surface area (TPSA) is 50.4 Å². The Morgan fingerprint density at radius 3 is 2.73 bits per heavy atom. The molecule has 1 heterocycles.